The van der Waals surface area contributed by atoms with Gasteiger partial charge in [-0.15, -0.1) is 0 Å². The van der Waals surface area contributed by atoms with Crippen molar-refractivity contribution in [3.8, 4) is 0 Å². The average molecular weight is 647 g/mol. The predicted octanol–water partition coefficient (Wildman–Crippen LogP) is 5.95. The molecule has 4 heterocycles. The lowest BCUT2D eigenvalue weighted by molar-refractivity contribution is -0.133. The number of imidazole rings is 1. The van der Waals surface area contributed by atoms with Crippen LogP contribution in [0.25, 0.3) is 0 Å². The number of fused-ring (bicyclic) bond motifs is 2. The van der Waals surface area contributed by atoms with Crippen molar-refractivity contribution in [3.63, 3.8) is 0 Å². The fourth-order valence-corrected chi connectivity index (χ4v) is 7.58. The highest BCUT2D eigenvalue weighted by Gasteiger charge is 2.30. The molecule has 0 bridgehead atoms. The first-order valence-corrected chi connectivity index (χ1v) is 17.6. The Hall–Kier alpha value is -3.23. The third-order valence-electron chi connectivity index (χ3n) is 9.92. The Bertz CT molecular complexity index is 1390. The number of hydrogen-bond donors (Lipinski definition) is 1. The molecular weight excluding hydrogens is 596 g/mol. The number of nitrogens with zero attached hydrogens (tertiary/aromatic N) is 5. The maximum absolute atomic E-state index is 12.0. The number of carbonyl (C=O) groups is 2. The first-order chi connectivity index (χ1) is 22.4. The second-order valence-corrected chi connectivity index (χ2v) is 14.2. The molecule has 9 heteroatoms. The second-order valence-electron chi connectivity index (χ2n) is 13.8. The van der Waals surface area contributed by atoms with Crippen LogP contribution in [0, 0.1) is 11.3 Å². The van der Waals surface area contributed by atoms with E-state index in [1.165, 1.54) is 60.9 Å². The molecule has 248 valence electrons. The van der Waals surface area contributed by atoms with Crippen LogP contribution in [0.4, 0.5) is 0 Å². The molecule has 1 N–H and O–H groups in total. The molecule has 1 atom stereocenters. The highest BCUT2D eigenvalue weighted by Crippen LogP contribution is 2.31. The molecular formula is C37H51ClN6O2. The molecule has 8 nitrogen and oxygen atoms in total. The average Bonchev–Trinajstić information content (AvgIpc) is 3.51. The van der Waals surface area contributed by atoms with Crippen LogP contribution >= 0.6 is 11.6 Å². The van der Waals surface area contributed by atoms with Gasteiger partial charge in [-0.1, -0.05) is 49.9 Å². The van der Waals surface area contributed by atoms with Crippen LogP contribution in [0.3, 0.4) is 0 Å². The molecule has 0 radical (unpaired) electrons. The van der Waals surface area contributed by atoms with Gasteiger partial charge >= 0.3 is 0 Å². The quantitative estimate of drug-likeness (QED) is 0.346. The van der Waals surface area contributed by atoms with E-state index in [-0.39, 0.29) is 5.41 Å². The number of piperidine rings is 1. The predicted molar refractivity (Wildman–Crippen MR) is 184 cm³/mol. The summed E-state index contributed by atoms with van der Waals surface area (Å²) in [5.74, 6) is 1.07. The number of hydrogen-bond acceptors (Lipinski definition) is 5. The Morgan fingerprint density at radius 3 is 2.59 bits per heavy atom. The number of pyridine rings is 1. The molecule has 1 saturated carbocycles. The lowest BCUT2D eigenvalue weighted by atomic mass is 9.82. The van der Waals surface area contributed by atoms with Crippen LogP contribution in [0.5, 0.6) is 0 Å². The lowest BCUT2D eigenvalue weighted by Crippen LogP contribution is -2.46. The summed E-state index contributed by atoms with van der Waals surface area (Å²) in [5, 5.41) is 4.11. The van der Waals surface area contributed by atoms with Crippen molar-refractivity contribution in [2.45, 2.75) is 84.1 Å². The molecule has 2 saturated heterocycles. The maximum atomic E-state index is 12.0. The summed E-state index contributed by atoms with van der Waals surface area (Å²) < 4.78 is 2.09. The van der Waals surface area contributed by atoms with Crippen LogP contribution in [0.1, 0.15) is 80.7 Å². The molecule has 2 aliphatic carbocycles. The molecule has 3 aromatic rings. The van der Waals surface area contributed by atoms with E-state index in [1.54, 1.807) is 6.20 Å². The molecule has 2 aromatic heterocycles. The van der Waals surface area contributed by atoms with Crippen molar-refractivity contribution < 1.29 is 9.59 Å². The van der Waals surface area contributed by atoms with Gasteiger partial charge < -0.3 is 19.7 Å². The summed E-state index contributed by atoms with van der Waals surface area (Å²) in [6.07, 6.45) is 21.2. The SMILES string of the molecule is CC1(Cn2ccnc2)CCCN(C=O)C1.Clc1ccc2c(c1)CCc1cccnc1C2.O=C(CC1CCCCC1)N1CCNCC1. The Morgan fingerprint density at radius 2 is 1.83 bits per heavy atom. The van der Waals surface area contributed by atoms with Crippen LogP contribution < -0.4 is 5.32 Å². The van der Waals surface area contributed by atoms with Gasteiger partial charge in [-0.3, -0.25) is 14.6 Å². The van der Waals surface area contributed by atoms with Crippen LogP contribution in [0.15, 0.2) is 55.2 Å². The van der Waals surface area contributed by atoms with Gasteiger partial charge in [0.05, 0.1) is 6.33 Å². The topological polar surface area (TPSA) is 83.4 Å². The minimum atomic E-state index is 0.194. The number of aryl methyl sites for hydroxylation is 2. The van der Waals surface area contributed by atoms with E-state index in [2.05, 4.69) is 45.0 Å². The van der Waals surface area contributed by atoms with Gasteiger partial charge in [0.15, 0.2) is 0 Å². The standard InChI is InChI=1S/C14H12ClN.C12H22N2O.C11H17N3O/c15-13-6-5-12-9-14-10(2-1-7-16-14)3-4-11(12)8-13;15-12(14-8-6-13-7-9-14)10-11-4-2-1-3-5-11;1-11(7-13-6-4-12-9-13)3-2-5-14(8-11)10-15/h1-2,5-8H,3-4,9H2;11,13H,1-10H2;4,6,9-10H,2-3,5,7-8H2,1H3. The highest BCUT2D eigenvalue weighted by atomic mass is 35.5. The summed E-state index contributed by atoms with van der Waals surface area (Å²) in [6.45, 7) is 8.70. The number of amides is 2. The molecule has 4 aliphatic rings. The zero-order valence-corrected chi connectivity index (χ0v) is 28.3. The van der Waals surface area contributed by atoms with Gasteiger partial charge in [-0.05, 0) is 79.3 Å². The number of carbonyl (C=O) groups excluding carboxylic acids is 2. The van der Waals surface area contributed by atoms with E-state index < -0.39 is 0 Å². The molecule has 2 amide bonds. The van der Waals surface area contributed by atoms with Gasteiger partial charge in [0.2, 0.25) is 12.3 Å². The zero-order chi connectivity index (χ0) is 32.2. The molecule has 2 aliphatic heterocycles. The Balaban J connectivity index is 0.000000136. The van der Waals surface area contributed by atoms with Crippen molar-refractivity contribution in [1.29, 1.82) is 0 Å². The summed E-state index contributed by atoms with van der Waals surface area (Å²) in [5.41, 5.74) is 5.51. The summed E-state index contributed by atoms with van der Waals surface area (Å²) >= 11 is 6.03. The number of rotatable bonds is 5. The monoisotopic (exact) mass is 646 g/mol. The van der Waals surface area contributed by atoms with Gasteiger partial charge in [0.1, 0.15) is 0 Å². The highest BCUT2D eigenvalue weighted by molar-refractivity contribution is 6.30. The number of halogens is 1. The number of likely N-dealkylation sites (tertiary alicyclic amines) is 1. The van der Waals surface area contributed by atoms with Gasteiger partial charge in [-0.25, -0.2) is 4.98 Å². The lowest BCUT2D eigenvalue weighted by Gasteiger charge is -2.38. The van der Waals surface area contributed by atoms with Crippen molar-refractivity contribution in [3.05, 3.63) is 82.7 Å². The van der Waals surface area contributed by atoms with Gasteiger partial charge in [0, 0.05) is 93.4 Å². The first-order valence-electron chi connectivity index (χ1n) is 17.2. The largest absolute Gasteiger partial charge is 0.345 e. The zero-order valence-electron chi connectivity index (χ0n) is 27.5. The first kappa shape index (κ1) is 34.1. The summed E-state index contributed by atoms with van der Waals surface area (Å²) in [6, 6.07) is 10.4. The third kappa shape index (κ3) is 10.1. The van der Waals surface area contributed by atoms with E-state index in [0.717, 1.165) is 89.4 Å². The Kier molecular flexibility index (Phi) is 12.7. The minimum absolute atomic E-state index is 0.194. The van der Waals surface area contributed by atoms with E-state index in [1.807, 2.05) is 40.7 Å². The van der Waals surface area contributed by atoms with Gasteiger partial charge in [0.25, 0.3) is 0 Å². The number of benzene rings is 1. The molecule has 0 spiro atoms. The van der Waals surface area contributed by atoms with Crippen LogP contribution in [0.2, 0.25) is 5.02 Å². The number of aromatic nitrogens is 3. The molecule has 7 rings (SSSR count). The maximum Gasteiger partial charge on any atom is 0.222 e. The Morgan fingerprint density at radius 1 is 1.02 bits per heavy atom. The van der Waals surface area contributed by atoms with Crippen molar-refractivity contribution in [2.24, 2.45) is 11.3 Å². The minimum Gasteiger partial charge on any atom is -0.345 e. The van der Waals surface area contributed by atoms with Crippen molar-refractivity contribution in [1.82, 2.24) is 29.7 Å². The molecule has 1 unspecified atom stereocenters. The van der Waals surface area contributed by atoms with E-state index >= 15 is 0 Å². The summed E-state index contributed by atoms with van der Waals surface area (Å²) in [4.78, 5) is 35.1. The number of piperazine rings is 1. The second kappa shape index (κ2) is 17.1. The van der Waals surface area contributed by atoms with Crippen LogP contribution in [-0.2, 0) is 35.4 Å². The van der Waals surface area contributed by atoms with E-state index in [9.17, 15) is 9.59 Å². The van der Waals surface area contributed by atoms with E-state index in [4.69, 9.17) is 11.6 Å². The van der Waals surface area contributed by atoms with Gasteiger partial charge in [-0.2, -0.15) is 0 Å². The fraction of sp³-hybridized carbons (Fsp3) is 0.568. The van der Waals surface area contributed by atoms with E-state index in [0.29, 0.717) is 11.8 Å². The molecule has 1 aromatic carbocycles. The normalized spacial score (nSPS) is 21.3. The fourth-order valence-electron chi connectivity index (χ4n) is 7.39. The summed E-state index contributed by atoms with van der Waals surface area (Å²) in [7, 11) is 0. The number of nitrogens with one attached hydrogen (secondary N) is 1. The molecule has 3 fully saturated rings. The smallest absolute Gasteiger partial charge is 0.222 e. The Labute approximate surface area is 279 Å². The molecule has 46 heavy (non-hydrogen) atoms. The third-order valence-corrected chi connectivity index (χ3v) is 10.2. The van der Waals surface area contributed by atoms with Crippen molar-refractivity contribution >= 4 is 23.9 Å². The van der Waals surface area contributed by atoms with Crippen LogP contribution in [-0.4, -0.2) is 75.9 Å². The van der Waals surface area contributed by atoms with Crippen molar-refractivity contribution in [2.75, 3.05) is 39.3 Å².